The van der Waals surface area contributed by atoms with Gasteiger partial charge in [-0.3, -0.25) is 9.88 Å². The summed E-state index contributed by atoms with van der Waals surface area (Å²) in [6, 6.07) is 1.21. The van der Waals surface area contributed by atoms with Crippen molar-refractivity contribution in [1.82, 2.24) is 4.98 Å². The van der Waals surface area contributed by atoms with Crippen LogP contribution in [0.4, 0.5) is 19.3 Å². The lowest BCUT2D eigenvalue weighted by atomic mass is 9.91. The summed E-state index contributed by atoms with van der Waals surface area (Å²) in [6.45, 7) is 4.67. The number of carbonyl (C=O) groups is 1. The third-order valence-electron chi connectivity index (χ3n) is 3.09. The van der Waals surface area contributed by atoms with Gasteiger partial charge in [0.25, 0.3) is 5.92 Å². The van der Waals surface area contributed by atoms with Crippen LogP contribution in [-0.4, -0.2) is 22.7 Å². The zero-order valence-corrected chi connectivity index (χ0v) is 10.4. The molecule has 0 spiro atoms. The molecule has 0 radical (unpaired) electrons. The lowest BCUT2D eigenvalue weighted by Crippen LogP contribution is -2.32. The molecule has 0 aromatic carbocycles. The predicted octanol–water partition coefficient (Wildman–Crippen LogP) is 2.97. The summed E-state index contributed by atoms with van der Waals surface area (Å²) >= 11 is 0. The number of alkyl halides is 2. The molecule has 2 rings (SSSR count). The molecule has 0 unspecified atom stereocenters. The number of halogens is 2. The van der Waals surface area contributed by atoms with E-state index in [4.69, 9.17) is 5.11 Å². The fourth-order valence-corrected chi connectivity index (χ4v) is 2.15. The number of carboxylic acid groups (broad SMARTS) is 1. The number of hydrogen-bond acceptors (Lipinski definition) is 2. The first-order chi connectivity index (χ1) is 8.13. The van der Waals surface area contributed by atoms with Crippen LogP contribution in [0.15, 0.2) is 12.3 Å². The van der Waals surface area contributed by atoms with Gasteiger partial charge in [-0.15, -0.1) is 0 Å². The number of amides is 1. The van der Waals surface area contributed by atoms with Crippen molar-refractivity contribution >= 4 is 11.8 Å². The van der Waals surface area contributed by atoms with Gasteiger partial charge in [-0.05, 0) is 6.07 Å². The van der Waals surface area contributed by atoms with E-state index in [0.29, 0.717) is 5.69 Å². The van der Waals surface area contributed by atoms with E-state index in [1.165, 1.54) is 6.07 Å². The monoisotopic (exact) mass is 256 g/mol. The molecule has 1 aliphatic rings. The van der Waals surface area contributed by atoms with Crippen LogP contribution in [0.1, 0.15) is 32.0 Å². The smallest absolute Gasteiger partial charge is 0.411 e. The molecule has 6 heteroatoms. The normalized spacial score (nSPS) is 17.7. The first-order valence-corrected chi connectivity index (χ1v) is 5.52. The zero-order chi connectivity index (χ0) is 13.7. The third-order valence-corrected chi connectivity index (χ3v) is 3.09. The van der Waals surface area contributed by atoms with Gasteiger partial charge in [0.15, 0.2) is 0 Å². The summed E-state index contributed by atoms with van der Waals surface area (Å²) in [6.07, 6.45) is -0.0356. The molecular formula is C12H14F2N2O2. The molecule has 1 N–H and O–H groups in total. The summed E-state index contributed by atoms with van der Waals surface area (Å²) in [5.74, 6) is -3.03. The quantitative estimate of drug-likeness (QED) is 0.840. The van der Waals surface area contributed by atoms with E-state index in [0.717, 1.165) is 18.0 Å². The van der Waals surface area contributed by atoms with Crippen LogP contribution in [-0.2, 0) is 11.3 Å². The van der Waals surface area contributed by atoms with E-state index in [9.17, 15) is 13.6 Å². The maximum atomic E-state index is 13.2. The summed E-state index contributed by atoms with van der Waals surface area (Å²) in [4.78, 5) is 16.2. The largest absolute Gasteiger partial charge is 0.465 e. The van der Waals surface area contributed by atoms with Gasteiger partial charge < -0.3 is 5.11 Å². The van der Waals surface area contributed by atoms with Gasteiger partial charge in [-0.25, -0.2) is 13.6 Å². The number of fused-ring (bicyclic) bond motifs is 1. The van der Waals surface area contributed by atoms with Gasteiger partial charge in [0.05, 0.1) is 11.4 Å². The zero-order valence-electron chi connectivity index (χ0n) is 10.4. The molecule has 1 amide bonds. The Morgan fingerprint density at radius 2 is 2.17 bits per heavy atom. The molecule has 1 aromatic heterocycles. The van der Waals surface area contributed by atoms with E-state index < -0.39 is 17.4 Å². The second kappa shape index (κ2) is 3.63. The van der Waals surface area contributed by atoms with Crippen LogP contribution in [0, 0.1) is 0 Å². The number of nitrogens with zero attached hydrogens (tertiary/aromatic N) is 2. The van der Waals surface area contributed by atoms with E-state index in [2.05, 4.69) is 4.98 Å². The van der Waals surface area contributed by atoms with Gasteiger partial charge >= 0.3 is 6.09 Å². The Labute approximate surface area is 103 Å². The molecule has 1 aromatic rings. The van der Waals surface area contributed by atoms with Crippen molar-refractivity contribution in [2.75, 3.05) is 11.4 Å². The standard InChI is InChI=1S/C12H14F2N2O2/c1-11(2)6-16(10(17)18)8-4-7(12(3,13)14)5-15-9(8)11/h4-5H,6H2,1-3H3,(H,17,18). The fraction of sp³-hybridized carbons (Fsp3) is 0.500. The third kappa shape index (κ3) is 1.91. The molecule has 0 fully saturated rings. The lowest BCUT2D eigenvalue weighted by Gasteiger charge is -2.17. The molecule has 0 saturated heterocycles. The van der Waals surface area contributed by atoms with Crippen molar-refractivity contribution in [3.63, 3.8) is 0 Å². The van der Waals surface area contributed by atoms with Crippen molar-refractivity contribution < 1.29 is 18.7 Å². The van der Waals surface area contributed by atoms with Gasteiger partial charge in [-0.2, -0.15) is 0 Å². The van der Waals surface area contributed by atoms with Crippen molar-refractivity contribution in [3.8, 4) is 0 Å². The first-order valence-electron chi connectivity index (χ1n) is 5.52. The SMILES string of the molecule is CC(F)(F)c1cnc2c(c1)N(C(=O)O)CC2(C)C. The average molecular weight is 256 g/mol. The highest BCUT2D eigenvalue weighted by atomic mass is 19.3. The Morgan fingerprint density at radius 3 is 2.67 bits per heavy atom. The molecule has 0 saturated carbocycles. The van der Waals surface area contributed by atoms with Gasteiger partial charge in [0.2, 0.25) is 0 Å². The van der Waals surface area contributed by atoms with Crippen molar-refractivity contribution in [2.45, 2.75) is 32.1 Å². The summed E-state index contributed by atoms with van der Waals surface area (Å²) in [5.41, 5.74) is 0.0598. The summed E-state index contributed by atoms with van der Waals surface area (Å²) in [5, 5.41) is 9.10. The second-order valence-corrected chi connectivity index (χ2v) is 5.23. The van der Waals surface area contributed by atoms with Crippen LogP contribution in [0.25, 0.3) is 0 Å². The van der Waals surface area contributed by atoms with Crippen LogP contribution in [0.5, 0.6) is 0 Å². The molecular weight excluding hydrogens is 242 g/mol. The molecule has 1 aliphatic heterocycles. The number of aromatic nitrogens is 1. The Bertz CT molecular complexity index is 509. The number of anilines is 1. The van der Waals surface area contributed by atoms with E-state index in [1.807, 2.05) is 13.8 Å². The maximum Gasteiger partial charge on any atom is 0.411 e. The molecule has 0 atom stereocenters. The molecule has 4 nitrogen and oxygen atoms in total. The van der Waals surface area contributed by atoms with Crippen LogP contribution in [0.3, 0.4) is 0 Å². The molecule has 0 bridgehead atoms. The Morgan fingerprint density at radius 1 is 1.56 bits per heavy atom. The summed E-state index contributed by atoms with van der Waals surface area (Å²) < 4.78 is 26.5. The minimum atomic E-state index is -3.03. The molecule has 18 heavy (non-hydrogen) atoms. The lowest BCUT2D eigenvalue weighted by molar-refractivity contribution is 0.0171. The fourth-order valence-electron chi connectivity index (χ4n) is 2.15. The minimum Gasteiger partial charge on any atom is -0.465 e. The van der Waals surface area contributed by atoms with E-state index in [-0.39, 0.29) is 17.8 Å². The Kier molecular flexibility index (Phi) is 2.57. The predicted molar refractivity (Wildman–Crippen MR) is 62.2 cm³/mol. The van der Waals surface area contributed by atoms with Crippen molar-refractivity contribution in [1.29, 1.82) is 0 Å². The van der Waals surface area contributed by atoms with Gasteiger partial charge in [0, 0.05) is 30.6 Å². The van der Waals surface area contributed by atoms with Crippen LogP contribution >= 0.6 is 0 Å². The molecule has 98 valence electrons. The van der Waals surface area contributed by atoms with Crippen LogP contribution in [0.2, 0.25) is 0 Å². The first kappa shape index (κ1) is 12.7. The summed E-state index contributed by atoms with van der Waals surface area (Å²) in [7, 11) is 0. The van der Waals surface area contributed by atoms with Crippen molar-refractivity contribution in [2.24, 2.45) is 0 Å². The number of hydrogen-bond donors (Lipinski definition) is 1. The molecule has 0 aliphatic carbocycles. The number of pyridine rings is 1. The highest BCUT2D eigenvalue weighted by Crippen LogP contribution is 2.41. The second-order valence-electron chi connectivity index (χ2n) is 5.23. The van der Waals surface area contributed by atoms with E-state index in [1.54, 1.807) is 0 Å². The number of rotatable bonds is 1. The Hall–Kier alpha value is -1.72. The van der Waals surface area contributed by atoms with Crippen molar-refractivity contribution in [3.05, 3.63) is 23.5 Å². The Balaban J connectivity index is 2.58. The van der Waals surface area contributed by atoms with Gasteiger partial charge in [0.1, 0.15) is 0 Å². The molecule has 2 heterocycles. The highest BCUT2D eigenvalue weighted by Gasteiger charge is 2.41. The average Bonchev–Trinajstić information content (AvgIpc) is 2.49. The van der Waals surface area contributed by atoms with Gasteiger partial charge in [-0.1, -0.05) is 13.8 Å². The maximum absolute atomic E-state index is 13.2. The highest BCUT2D eigenvalue weighted by molar-refractivity contribution is 5.89. The topological polar surface area (TPSA) is 53.4 Å². The van der Waals surface area contributed by atoms with E-state index >= 15 is 0 Å². The minimum absolute atomic E-state index is 0.226. The van der Waals surface area contributed by atoms with Crippen LogP contribution < -0.4 is 4.90 Å².